The number of ether oxygens (including phenoxy) is 1. The van der Waals surface area contributed by atoms with Gasteiger partial charge in [0.05, 0.1) is 11.9 Å². The molecular formula is C21H24FNO. The standard InChI is InChI=1S/C21H24FNO/c1-3-15-24-21-13-10-18(11-14-21)19-9-12-20(23-16-19)8-6-4-5-7-17(2)22/h3,6,8-14,16-17H,1,4-5,7,15H2,2H3/b8-6+. The molecule has 24 heavy (non-hydrogen) atoms. The van der Waals surface area contributed by atoms with Gasteiger partial charge >= 0.3 is 0 Å². The molecule has 0 aliphatic heterocycles. The summed E-state index contributed by atoms with van der Waals surface area (Å²) in [4.78, 5) is 4.45. The second-order valence-corrected chi connectivity index (χ2v) is 5.71. The molecular weight excluding hydrogens is 301 g/mol. The molecule has 0 aliphatic rings. The van der Waals surface area contributed by atoms with Crippen LogP contribution >= 0.6 is 0 Å². The van der Waals surface area contributed by atoms with Gasteiger partial charge in [-0.15, -0.1) is 0 Å². The highest BCUT2D eigenvalue weighted by Crippen LogP contribution is 2.22. The van der Waals surface area contributed by atoms with Gasteiger partial charge in [0.25, 0.3) is 0 Å². The van der Waals surface area contributed by atoms with Gasteiger partial charge in [-0.1, -0.05) is 36.9 Å². The Morgan fingerprint density at radius 1 is 1.17 bits per heavy atom. The summed E-state index contributed by atoms with van der Waals surface area (Å²) in [6, 6.07) is 12.0. The second kappa shape index (κ2) is 9.66. The van der Waals surface area contributed by atoms with Crippen LogP contribution in [0.4, 0.5) is 4.39 Å². The SMILES string of the molecule is C=CCOc1ccc(-c2ccc(/C=C/CCCC(C)F)nc2)cc1. The Hall–Kier alpha value is -2.42. The highest BCUT2D eigenvalue weighted by atomic mass is 19.1. The number of aromatic nitrogens is 1. The zero-order valence-electron chi connectivity index (χ0n) is 14.1. The number of rotatable bonds is 9. The summed E-state index contributed by atoms with van der Waals surface area (Å²) in [5, 5.41) is 0. The molecule has 1 aromatic carbocycles. The summed E-state index contributed by atoms with van der Waals surface area (Å²) in [5.41, 5.74) is 3.08. The minimum atomic E-state index is -0.718. The fraction of sp³-hybridized carbons (Fsp3) is 0.286. The topological polar surface area (TPSA) is 22.1 Å². The quantitative estimate of drug-likeness (QED) is 0.426. The fourth-order valence-corrected chi connectivity index (χ4v) is 2.29. The van der Waals surface area contributed by atoms with E-state index < -0.39 is 6.17 Å². The van der Waals surface area contributed by atoms with Crippen molar-refractivity contribution in [1.82, 2.24) is 4.98 Å². The third kappa shape index (κ3) is 5.99. The first-order valence-electron chi connectivity index (χ1n) is 8.30. The Kier molecular flexibility index (Phi) is 7.21. The van der Waals surface area contributed by atoms with Crippen molar-refractivity contribution in [3.8, 4) is 16.9 Å². The van der Waals surface area contributed by atoms with Gasteiger partial charge in [0.2, 0.25) is 0 Å². The van der Waals surface area contributed by atoms with E-state index >= 15 is 0 Å². The lowest BCUT2D eigenvalue weighted by Crippen LogP contribution is -1.92. The van der Waals surface area contributed by atoms with Crippen LogP contribution in [-0.2, 0) is 0 Å². The maximum absolute atomic E-state index is 12.7. The van der Waals surface area contributed by atoms with Gasteiger partial charge < -0.3 is 4.74 Å². The Labute approximate surface area is 143 Å². The monoisotopic (exact) mass is 325 g/mol. The molecule has 0 radical (unpaired) electrons. The van der Waals surface area contributed by atoms with Crippen LogP contribution in [0.25, 0.3) is 17.2 Å². The Morgan fingerprint density at radius 3 is 2.54 bits per heavy atom. The Morgan fingerprint density at radius 2 is 1.92 bits per heavy atom. The van der Waals surface area contributed by atoms with E-state index in [9.17, 15) is 4.39 Å². The van der Waals surface area contributed by atoms with E-state index in [4.69, 9.17) is 4.74 Å². The molecule has 0 bridgehead atoms. The van der Waals surface area contributed by atoms with Gasteiger partial charge in [-0.2, -0.15) is 0 Å². The number of hydrogen-bond acceptors (Lipinski definition) is 2. The number of halogens is 1. The predicted octanol–water partition coefficient (Wildman–Crippen LogP) is 5.85. The van der Waals surface area contributed by atoms with Gasteiger partial charge in [0.15, 0.2) is 0 Å². The van der Waals surface area contributed by atoms with Gasteiger partial charge in [0, 0.05) is 11.8 Å². The molecule has 2 rings (SSSR count). The van der Waals surface area contributed by atoms with Crippen LogP contribution < -0.4 is 4.74 Å². The molecule has 0 fully saturated rings. The molecule has 2 aromatic rings. The van der Waals surface area contributed by atoms with E-state index in [0.717, 1.165) is 35.4 Å². The molecule has 0 amide bonds. The first-order valence-corrected chi connectivity index (χ1v) is 8.30. The lowest BCUT2D eigenvalue weighted by molar-refractivity contribution is 0.335. The number of alkyl halides is 1. The van der Waals surface area contributed by atoms with Crippen LogP contribution in [-0.4, -0.2) is 17.8 Å². The van der Waals surface area contributed by atoms with Crippen molar-refractivity contribution in [2.45, 2.75) is 32.4 Å². The van der Waals surface area contributed by atoms with E-state index in [-0.39, 0.29) is 0 Å². The summed E-state index contributed by atoms with van der Waals surface area (Å²) < 4.78 is 18.2. The minimum absolute atomic E-state index is 0.506. The van der Waals surface area contributed by atoms with E-state index in [0.29, 0.717) is 13.0 Å². The van der Waals surface area contributed by atoms with Crippen LogP contribution in [0.3, 0.4) is 0 Å². The number of nitrogens with zero attached hydrogens (tertiary/aromatic N) is 1. The van der Waals surface area contributed by atoms with Gasteiger partial charge in [0.1, 0.15) is 12.4 Å². The molecule has 1 unspecified atom stereocenters. The maximum atomic E-state index is 12.7. The average molecular weight is 325 g/mol. The van der Waals surface area contributed by atoms with Crippen molar-refractivity contribution in [2.24, 2.45) is 0 Å². The minimum Gasteiger partial charge on any atom is -0.490 e. The van der Waals surface area contributed by atoms with Crippen molar-refractivity contribution in [3.05, 3.63) is 67.0 Å². The lowest BCUT2D eigenvalue weighted by Gasteiger charge is -2.05. The number of hydrogen-bond donors (Lipinski definition) is 0. The number of allylic oxidation sites excluding steroid dienone is 1. The molecule has 0 aliphatic carbocycles. The highest BCUT2D eigenvalue weighted by molar-refractivity contribution is 5.64. The first kappa shape index (κ1) is 17.9. The van der Waals surface area contributed by atoms with Crippen LogP contribution in [0.1, 0.15) is 31.9 Å². The van der Waals surface area contributed by atoms with Crippen LogP contribution in [0.2, 0.25) is 0 Å². The molecule has 0 spiro atoms. The van der Waals surface area contributed by atoms with Crippen LogP contribution in [0, 0.1) is 0 Å². The van der Waals surface area contributed by atoms with Gasteiger partial charge in [-0.05, 0) is 56.0 Å². The number of pyridine rings is 1. The molecule has 126 valence electrons. The molecule has 2 nitrogen and oxygen atoms in total. The summed E-state index contributed by atoms with van der Waals surface area (Å²) in [7, 11) is 0. The molecule has 1 aromatic heterocycles. The third-order valence-corrected chi connectivity index (χ3v) is 3.60. The molecule has 3 heteroatoms. The van der Waals surface area contributed by atoms with Gasteiger partial charge in [-0.3, -0.25) is 4.98 Å². The molecule has 0 saturated heterocycles. The maximum Gasteiger partial charge on any atom is 0.119 e. The number of unbranched alkanes of at least 4 members (excludes halogenated alkanes) is 1. The summed E-state index contributed by atoms with van der Waals surface area (Å²) in [5.74, 6) is 0.828. The normalized spacial score (nSPS) is 12.2. The van der Waals surface area contributed by atoms with Gasteiger partial charge in [-0.25, -0.2) is 4.39 Å². The van der Waals surface area contributed by atoms with Crippen molar-refractivity contribution in [3.63, 3.8) is 0 Å². The van der Waals surface area contributed by atoms with Crippen LogP contribution in [0.15, 0.2) is 61.3 Å². The summed E-state index contributed by atoms with van der Waals surface area (Å²) >= 11 is 0. The van der Waals surface area contributed by atoms with Crippen molar-refractivity contribution >= 4 is 6.08 Å². The van der Waals surface area contributed by atoms with E-state index in [1.807, 2.05) is 42.6 Å². The molecule has 1 heterocycles. The van der Waals surface area contributed by atoms with Crippen molar-refractivity contribution < 1.29 is 9.13 Å². The summed E-state index contributed by atoms with van der Waals surface area (Å²) in [6.45, 7) is 5.74. The second-order valence-electron chi connectivity index (χ2n) is 5.71. The molecule has 1 atom stereocenters. The van der Waals surface area contributed by atoms with Crippen LogP contribution in [0.5, 0.6) is 5.75 Å². The van der Waals surface area contributed by atoms with E-state index in [1.165, 1.54) is 0 Å². The number of benzene rings is 1. The predicted molar refractivity (Wildman–Crippen MR) is 98.8 cm³/mol. The fourth-order valence-electron chi connectivity index (χ4n) is 2.29. The Bertz CT molecular complexity index is 645. The Balaban J connectivity index is 1.91. The first-order chi connectivity index (χ1) is 11.7. The van der Waals surface area contributed by atoms with Crippen molar-refractivity contribution in [2.75, 3.05) is 6.61 Å². The highest BCUT2D eigenvalue weighted by Gasteiger charge is 2.00. The zero-order valence-corrected chi connectivity index (χ0v) is 14.1. The van der Waals surface area contributed by atoms with Crippen molar-refractivity contribution in [1.29, 1.82) is 0 Å². The molecule has 0 N–H and O–H groups in total. The largest absolute Gasteiger partial charge is 0.490 e. The molecule has 0 saturated carbocycles. The summed E-state index contributed by atoms with van der Waals surface area (Å²) in [6.07, 6.45) is 9.27. The van der Waals surface area contributed by atoms with E-state index in [1.54, 1.807) is 13.0 Å². The lowest BCUT2D eigenvalue weighted by atomic mass is 10.1. The smallest absolute Gasteiger partial charge is 0.119 e. The third-order valence-electron chi connectivity index (χ3n) is 3.60. The van der Waals surface area contributed by atoms with E-state index in [2.05, 4.69) is 23.7 Å². The zero-order chi connectivity index (χ0) is 17.2. The average Bonchev–Trinajstić information content (AvgIpc) is 2.60.